The van der Waals surface area contributed by atoms with E-state index >= 15 is 0 Å². The molecular weight excluding hydrogens is 259 g/mol. The zero-order valence-corrected chi connectivity index (χ0v) is 10.4. The lowest BCUT2D eigenvalue weighted by Crippen LogP contribution is -1.97. The van der Waals surface area contributed by atoms with E-state index < -0.39 is 7.82 Å². The first-order valence-corrected chi connectivity index (χ1v) is 7.34. The van der Waals surface area contributed by atoms with Crippen LogP contribution in [0.2, 0.25) is 0 Å². The zero-order valence-electron chi connectivity index (χ0n) is 8.74. The van der Waals surface area contributed by atoms with Crippen LogP contribution in [0.3, 0.4) is 0 Å². The predicted octanol–water partition coefficient (Wildman–Crippen LogP) is 3.84. The number of fused-ring (bicyclic) bond motifs is 1. The lowest BCUT2D eigenvalue weighted by Gasteiger charge is -2.08. The molecule has 88 valence electrons. The van der Waals surface area contributed by atoms with Crippen molar-refractivity contribution in [1.29, 1.82) is 0 Å². The van der Waals surface area contributed by atoms with E-state index in [2.05, 4.69) is 0 Å². The molecule has 1 aromatic carbocycles. The maximum absolute atomic E-state index is 12.1. The van der Waals surface area contributed by atoms with E-state index in [-0.39, 0.29) is 6.61 Å². The van der Waals surface area contributed by atoms with Gasteiger partial charge in [-0.05, 0) is 23.6 Å². The van der Waals surface area contributed by atoms with E-state index in [1.54, 1.807) is 24.3 Å². The normalized spacial score (nSPS) is 16.0. The monoisotopic (exact) mass is 268 g/mol. The van der Waals surface area contributed by atoms with E-state index in [4.69, 9.17) is 13.6 Å². The van der Waals surface area contributed by atoms with Gasteiger partial charge in [-0.1, -0.05) is 18.2 Å². The van der Waals surface area contributed by atoms with Gasteiger partial charge >= 0.3 is 7.82 Å². The molecule has 3 rings (SSSR count). The van der Waals surface area contributed by atoms with Gasteiger partial charge in [-0.3, -0.25) is 4.52 Å². The molecule has 1 aliphatic heterocycles. The van der Waals surface area contributed by atoms with Crippen LogP contribution in [0.5, 0.6) is 11.5 Å². The van der Waals surface area contributed by atoms with Gasteiger partial charge in [0.2, 0.25) is 0 Å². The Hall–Kier alpha value is -1.29. The molecule has 17 heavy (non-hydrogen) atoms. The Labute approximate surface area is 102 Å². The number of phosphoric ester groups is 1. The lowest BCUT2D eigenvalue weighted by atomic mass is 10.3. The average Bonchev–Trinajstić information content (AvgIpc) is 2.92. The summed E-state index contributed by atoms with van der Waals surface area (Å²) in [6.07, 6.45) is 0. The van der Waals surface area contributed by atoms with Gasteiger partial charge in [0.1, 0.15) is 0 Å². The van der Waals surface area contributed by atoms with E-state index in [1.807, 2.05) is 17.5 Å². The van der Waals surface area contributed by atoms with Crippen molar-refractivity contribution in [2.24, 2.45) is 0 Å². The fourth-order valence-electron chi connectivity index (χ4n) is 1.45. The fourth-order valence-corrected chi connectivity index (χ4v) is 3.38. The average molecular weight is 268 g/mol. The van der Waals surface area contributed by atoms with Gasteiger partial charge in [-0.25, -0.2) is 4.57 Å². The number of thiophene rings is 1. The molecule has 0 radical (unpaired) electrons. The van der Waals surface area contributed by atoms with Crippen LogP contribution in [0.4, 0.5) is 0 Å². The molecular formula is C11H9O4PS. The molecule has 4 nitrogen and oxygen atoms in total. The summed E-state index contributed by atoms with van der Waals surface area (Å²) in [5.74, 6) is 0.920. The Balaban J connectivity index is 1.71. The van der Waals surface area contributed by atoms with Gasteiger partial charge in [-0.2, -0.15) is 0 Å². The highest BCUT2D eigenvalue weighted by atomic mass is 32.1. The van der Waals surface area contributed by atoms with Crippen LogP contribution in [0.25, 0.3) is 0 Å². The molecule has 0 amide bonds. The third-order valence-corrected chi connectivity index (χ3v) is 4.35. The minimum atomic E-state index is -3.49. The van der Waals surface area contributed by atoms with Crippen molar-refractivity contribution in [2.75, 3.05) is 0 Å². The van der Waals surface area contributed by atoms with Gasteiger partial charge in [0.25, 0.3) is 0 Å². The summed E-state index contributed by atoms with van der Waals surface area (Å²) < 4.78 is 27.8. The largest absolute Gasteiger partial charge is 0.588 e. The Morgan fingerprint density at radius 3 is 2.41 bits per heavy atom. The third-order valence-electron chi connectivity index (χ3n) is 2.21. The highest BCUT2D eigenvalue weighted by molar-refractivity contribution is 7.49. The van der Waals surface area contributed by atoms with Crippen LogP contribution in [-0.2, 0) is 15.7 Å². The molecule has 2 heterocycles. The van der Waals surface area contributed by atoms with Gasteiger partial charge < -0.3 is 9.05 Å². The second-order valence-electron chi connectivity index (χ2n) is 3.43. The molecule has 1 aliphatic rings. The summed E-state index contributed by atoms with van der Waals surface area (Å²) in [5, 5.41) is 1.93. The Kier molecular flexibility index (Phi) is 2.67. The molecule has 0 bridgehead atoms. The SMILES string of the molecule is O=P1(OCc2cccs2)Oc2ccccc2O1. The highest BCUT2D eigenvalue weighted by Gasteiger charge is 2.38. The van der Waals surface area contributed by atoms with Crippen LogP contribution in [0, 0.1) is 0 Å². The molecule has 6 heteroatoms. The van der Waals surface area contributed by atoms with Crippen molar-refractivity contribution in [1.82, 2.24) is 0 Å². The summed E-state index contributed by atoms with van der Waals surface area (Å²) in [6.45, 7) is 0.225. The van der Waals surface area contributed by atoms with Crippen molar-refractivity contribution in [3.05, 3.63) is 46.7 Å². The number of para-hydroxylation sites is 2. The Bertz CT molecular complexity index is 538. The molecule has 0 saturated carbocycles. The highest BCUT2D eigenvalue weighted by Crippen LogP contribution is 2.59. The van der Waals surface area contributed by atoms with E-state index in [0.717, 1.165) is 4.88 Å². The second-order valence-corrected chi connectivity index (χ2v) is 5.98. The zero-order chi connectivity index (χ0) is 11.7. The van der Waals surface area contributed by atoms with Crippen LogP contribution < -0.4 is 9.05 Å². The first kappa shape index (κ1) is 10.8. The van der Waals surface area contributed by atoms with Crippen LogP contribution in [0.1, 0.15) is 4.88 Å². The van der Waals surface area contributed by atoms with Crippen molar-refractivity contribution < 1.29 is 18.1 Å². The summed E-state index contributed by atoms with van der Waals surface area (Å²) in [5.41, 5.74) is 0. The predicted molar refractivity (Wildman–Crippen MR) is 64.4 cm³/mol. The number of benzene rings is 1. The minimum Gasteiger partial charge on any atom is -0.391 e. The first-order valence-electron chi connectivity index (χ1n) is 5.00. The van der Waals surface area contributed by atoms with Crippen LogP contribution in [-0.4, -0.2) is 0 Å². The Morgan fingerprint density at radius 1 is 1.12 bits per heavy atom. The third kappa shape index (κ3) is 2.22. The summed E-state index contributed by atoms with van der Waals surface area (Å²) >= 11 is 1.53. The van der Waals surface area contributed by atoms with E-state index in [1.165, 1.54) is 11.3 Å². The number of hydrogen-bond donors (Lipinski definition) is 0. The fraction of sp³-hybridized carbons (Fsp3) is 0.0909. The van der Waals surface area contributed by atoms with Crippen molar-refractivity contribution in [3.8, 4) is 11.5 Å². The molecule has 0 N–H and O–H groups in total. The van der Waals surface area contributed by atoms with Crippen LogP contribution in [0.15, 0.2) is 41.8 Å². The van der Waals surface area contributed by atoms with Crippen LogP contribution >= 0.6 is 19.2 Å². The molecule has 0 fully saturated rings. The second kappa shape index (κ2) is 4.18. The van der Waals surface area contributed by atoms with E-state index in [9.17, 15) is 4.57 Å². The van der Waals surface area contributed by atoms with E-state index in [0.29, 0.717) is 11.5 Å². The molecule has 0 spiro atoms. The molecule has 0 aliphatic carbocycles. The quantitative estimate of drug-likeness (QED) is 0.793. The number of hydrogen-bond acceptors (Lipinski definition) is 5. The molecule has 1 aromatic heterocycles. The maximum atomic E-state index is 12.1. The van der Waals surface area contributed by atoms with Gasteiger partial charge in [0, 0.05) is 4.88 Å². The minimum absolute atomic E-state index is 0.225. The summed E-state index contributed by atoms with van der Waals surface area (Å²) in [7, 11) is -3.49. The topological polar surface area (TPSA) is 44.8 Å². The summed E-state index contributed by atoms with van der Waals surface area (Å²) in [6, 6.07) is 10.8. The first-order chi connectivity index (χ1) is 8.25. The number of phosphoric acid groups is 1. The Morgan fingerprint density at radius 2 is 1.82 bits per heavy atom. The van der Waals surface area contributed by atoms with Gasteiger partial charge in [0.05, 0.1) is 6.61 Å². The van der Waals surface area contributed by atoms with Crippen molar-refractivity contribution in [2.45, 2.75) is 6.61 Å². The van der Waals surface area contributed by atoms with Crippen molar-refractivity contribution >= 4 is 19.2 Å². The molecule has 0 saturated heterocycles. The van der Waals surface area contributed by atoms with Crippen molar-refractivity contribution in [3.63, 3.8) is 0 Å². The van der Waals surface area contributed by atoms with Gasteiger partial charge in [0.15, 0.2) is 11.5 Å². The number of rotatable bonds is 3. The standard InChI is InChI=1S/C11H9O4PS/c12-16(13-8-9-4-3-7-17-9)14-10-5-1-2-6-11(10)15-16/h1-7H,8H2. The lowest BCUT2D eigenvalue weighted by molar-refractivity contribution is 0.221. The van der Waals surface area contributed by atoms with Gasteiger partial charge in [-0.15, -0.1) is 11.3 Å². The maximum Gasteiger partial charge on any atom is 0.588 e. The molecule has 0 atom stereocenters. The smallest absolute Gasteiger partial charge is 0.391 e. The summed E-state index contributed by atoms with van der Waals surface area (Å²) in [4.78, 5) is 0.975. The molecule has 2 aromatic rings. The molecule has 0 unspecified atom stereocenters.